The molecular weight excluding hydrogens is 324 g/mol. The summed E-state index contributed by atoms with van der Waals surface area (Å²) in [6.45, 7) is 0. The Labute approximate surface area is 141 Å². The number of allylic oxidation sites excluding steroid dienone is 3. The Bertz CT molecular complexity index is 994. The topological polar surface area (TPSA) is 93.2 Å². The first-order chi connectivity index (χ1) is 11.6. The first-order valence-corrected chi connectivity index (χ1v) is 8.05. The molecule has 4 rings (SSSR count). The minimum Gasteiger partial charge on any atom is -0.436 e. The molecule has 1 aromatic carbocycles. The van der Waals surface area contributed by atoms with Gasteiger partial charge in [-0.15, -0.1) is 11.3 Å². The summed E-state index contributed by atoms with van der Waals surface area (Å²) in [7, 11) is 0. The molecule has 0 radical (unpaired) electrons. The number of carbonyl (C=O) groups is 2. The van der Waals surface area contributed by atoms with Gasteiger partial charge in [-0.3, -0.25) is 9.59 Å². The smallest absolute Gasteiger partial charge is 0.229 e. The Balaban J connectivity index is 1.99. The molecule has 0 spiro atoms. The third kappa shape index (κ3) is 1.85. The van der Waals surface area contributed by atoms with E-state index >= 15 is 0 Å². The maximum Gasteiger partial charge on any atom is 0.229 e. The predicted octanol–water partition coefficient (Wildman–Crippen LogP) is 2.89. The van der Waals surface area contributed by atoms with E-state index in [2.05, 4.69) is 0 Å². The minimum atomic E-state index is -0.677. The second kappa shape index (κ2) is 5.18. The van der Waals surface area contributed by atoms with Crippen LogP contribution in [-0.2, 0) is 4.74 Å². The molecule has 2 aromatic rings. The lowest BCUT2D eigenvalue weighted by Crippen LogP contribution is -2.32. The Morgan fingerprint density at radius 3 is 2.42 bits per heavy atom. The van der Waals surface area contributed by atoms with Crippen molar-refractivity contribution in [2.45, 2.75) is 5.92 Å². The van der Waals surface area contributed by atoms with Crippen LogP contribution in [0.15, 0.2) is 64.6 Å². The van der Waals surface area contributed by atoms with Gasteiger partial charge in [-0.05, 0) is 11.4 Å². The molecule has 2 aliphatic rings. The molecule has 1 atom stereocenters. The lowest BCUT2D eigenvalue weighted by molar-refractivity contribution is 0.0897. The number of nitriles is 1. The summed E-state index contributed by atoms with van der Waals surface area (Å²) in [6, 6.07) is 12.2. The molecule has 0 amide bonds. The van der Waals surface area contributed by atoms with Gasteiger partial charge in [0.2, 0.25) is 11.7 Å². The van der Waals surface area contributed by atoms with Crippen molar-refractivity contribution in [1.82, 2.24) is 0 Å². The monoisotopic (exact) mass is 334 g/mol. The number of ether oxygens (including phenoxy) is 1. The van der Waals surface area contributed by atoms with E-state index in [-0.39, 0.29) is 34.4 Å². The van der Waals surface area contributed by atoms with Crippen molar-refractivity contribution in [3.05, 3.63) is 80.6 Å². The van der Waals surface area contributed by atoms with Crippen LogP contribution >= 0.6 is 11.3 Å². The van der Waals surface area contributed by atoms with Crippen molar-refractivity contribution in [1.29, 1.82) is 5.26 Å². The van der Waals surface area contributed by atoms with Gasteiger partial charge in [0.15, 0.2) is 11.5 Å². The SMILES string of the molecule is N#CC1=C(N)OC2=C(C(=O)c3ccccc3C2=O)[C@@H]1c1cccs1. The number of hydrogen-bond acceptors (Lipinski definition) is 6. The van der Waals surface area contributed by atoms with Gasteiger partial charge in [-0.25, -0.2) is 0 Å². The lowest BCUT2D eigenvalue weighted by Gasteiger charge is -2.30. The van der Waals surface area contributed by atoms with E-state index in [0.29, 0.717) is 11.1 Å². The molecule has 116 valence electrons. The normalized spacial score (nSPS) is 19.5. The van der Waals surface area contributed by atoms with Crippen molar-refractivity contribution in [3.8, 4) is 6.07 Å². The van der Waals surface area contributed by atoms with E-state index in [4.69, 9.17) is 10.5 Å². The Morgan fingerprint density at radius 2 is 1.79 bits per heavy atom. The number of hydrogen-bond donors (Lipinski definition) is 1. The summed E-state index contributed by atoms with van der Waals surface area (Å²) < 4.78 is 5.41. The molecule has 1 aromatic heterocycles. The molecule has 2 heterocycles. The summed E-state index contributed by atoms with van der Waals surface area (Å²) in [5.41, 5.74) is 6.81. The zero-order chi connectivity index (χ0) is 16.8. The molecule has 0 fully saturated rings. The molecule has 24 heavy (non-hydrogen) atoms. The maximum absolute atomic E-state index is 13.0. The van der Waals surface area contributed by atoms with Gasteiger partial charge in [0.1, 0.15) is 11.6 Å². The average Bonchev–Trinajstić information content (AvgIpc) is 3.13. The summed E-state index contributed by atoms with van der Waals surface area (Å²) >= 11 is 1.40. The highest BCUT2D eigenvalue weighted by atomic mass is 32.1. The number of fused-ring (bicyclic) bond motifs is 1. The van der Waals surface area contributed by atoms with Gasteiger partial charge in [0, 0.05) is 16.0 Å². The lowest BCUT2D eigenvalue weighted by atomic mass is 9.77. The summed E-state index contributed by atoms with van der Waals surface area (Å²) in [5, 5.41) is 11.3. The third-order valence-electron chi connectivity index (χ3n) is 4.11. The second-order valence-electron chi connectivity index (χ2n) is 5.39. The summed E-state index contributed by atoms with van der Waals surface area (Å²) in [5.74, 6) is -1.58. The Morgan fingerprint density at radius 1 is 1.08 bits per heavy atom. The van der Waals surface area contributed by atoms with E-state index in [1.807, 2.05) is 23.6 Å². The fourth-order valence-corrected chi connectivity index (χ4v) is 3.89. The van der Waals surface area contributed by atoms with E-state index in [9.17, 15) is 14.9 Å². The quantitative estimate of drug-likeness (QED) is 0.865. The predicted molar refractivity (Wildman–Crippen MR) is 87.1 cm³/mol. The van der Waals surface area contributed by atoms with Gasteiger partial charge in [-0.2, -0.15) is 5.26 Å². The number of nitrogens with zero attached hydrogens (tertiary/aromatic N) is 1. The highest BCUT2D eigenvalue weighted by Crippen LogP contribution is 2.45. The van der Waals surface area contributed by atoms with Crippen LogP contribution in [0.4, 0.5) is 0 Å². The largest absolute Gasteiger partial charge is 0.436 e. The average molecular weight is 334 g/mol. The Hall–Kier alpha value is -3.17. The number of rotatable bonds is 1. The minimum absolute atomic E-state index is 0.0754. The Kier molecular flexibility index (Phi) is 3.12. The van der Waals surface area contributed by atoms with Crippen molar-refractivity contribution in [2.75, 3.05) is 0 Å². The fourth-order valence-electron chi connectivity index (χ4n) is 3.05. The van der Waals surface area contributed by atoms with Crippen molar-refractivity contribution < 1.29 is 14.3 Å². The molecular formula is C18H10N2O3S. The highest BCUT2D eigenvalue weighted by Gasteiger charge is 2.43. The van der Waals surface area contributed by atoms with Crippen LogP contribution in [-0.4, -0.2) is 11.6 Å². The van der Waals surface area contributed by atoms with Crippen LogP contribution in [0.2, 0.25) is 0 Å². The van der Waals surface area contributed by atoms with Gasteiger partial charge in [0.05, 0.1) is 11.5 Å². The van der Waals surface area contributed by atoms with Crippen molar-refractivity contribution >= 4 is 22.9 Å². The molecule has 2 N–H and O–H groups in total. The number of thiophene rings is 1. The standard InChI is InChI=1S/C18H10N2O3S/c19-8-11-13(12-6-3-7-24-12)14-15(21)9-4-1-2-5-10(9)16(22)17(14)23-18(11)20/h1-7,13H,20H2/t13-/m0/s1. The molecule has 0 saturated carbocycles. The highest BCUT2D eigenvalue weighted by molar-refractivity contribution is 7.10. The number of nitrogens with two attached hydrogens (primary N) is 1. The van der Waals surface area contributed by atoms with Crippen LogP contribution in [0.1, 0.15) is 31.5 Å². The van der Waals surface area contributed by atoms with E-state index in [1.54, 1.807) is 24.3 Å². The van der Waals surface area contributed by atoms with Crippen LogP contribution in [0, 0.1) is 11.3 Å². The molecule has 5 nitrogen and oxygen atoms in total. The molecule has 0 unspecified atom stereocenters. The van der Waals surface area contributed by atoms with Gasteiger partial charge >= 0.3 is 0 Å². The van der Waals surface area contributed by atoms with Crippen LogP contribution < -0.4 is 5.73 Å². The van der Waals surface area contributed by atoms with Crippen molar-refractivity contribution in [2.24, 2.45) is 5.73 Å². The van der Waals surface area contributed by atoms with Gasteiger partial charge in [0.25, 0.3) is 0 Å². The number of Topliss-reactive ketones (excluding diaryl/α,β-unsaturated/α-hetero) is 2. The van der Waals surface area contributed by atoms with Crippen molar-refractivity contribution in [3.63, 3.8) is 0 Å². The molecule has 0 bridgehead atoms. The van der Waals surface area contributed by atoms with Crippen LogP contribution in [0.3, 0.4) is 0 Å². The maximum atomic E-state index is 13.0. The molecule has 1 aliphatic heterocycles. The number of carbonyl (C=O) groups excluding carboxylic acids is 2. The zero-order valence-electron chi connectivity index (χ0n) is 12.3. The third-order valence-corrected chi connectivity index (χ3v) is 5.05. The molecule has 1 aliphatic carbocycles. The number of benzene rings is 1. The second-order valence-corrected chi connectivity index (χ2v) is 6.37. The molecule has 0 saturated heterocycles. The van der Waals surface area contributed by atoms with Gasteiger partial charge < -0.3 is 10.5 Å². The zero-order valence-corrected chi connectivity index (χ0v) is 13.1. The summed E-state index contributed by atoms with van der Waals surface area (Å²) in [6.07, 6.45) is 0. The molecule has 6 heteroatoms. The first-order valence-electron chi connectivity index (χ1n) is 7.17. The number of ketones is 2. The first kappa shape index (κ1) is 14.4. The van der Waals surface area contributed by atoms with E-state index < -0.39 is 5.92 Å². The van der Waals surface area contributed by atoms with Crippen LogP contribution in [0.5, 0.6) is 0 Å². The summed E-state index contributed by atoms with van der Waals surface area (Å²) in [4.78, 5) is 26.5. The van der Waals surface area contributed by atoms with Crippen LogP contribution in [0.25, 0.3) is 0 Å². The van der Waals surface area contributed by atoms with Gasteiger partial charge in [-0.1, -0.05) is 30.3 Å². The fraction of sp³-hybridized carbons (Fsp3) is 0.0556. The van der Waals surface area contributed by atoms with E-state index in [0.717, 1.165) is 4.88 Å². The van der Waals surface area contributed by atoms with E-state index in [1.165, 1.54) is 11.3 Å².